The molecule has 0 aliphatic carbocycles. The molecule has 0 aromatic heterocycles. The van der Waals surface area contributed by atoms with Gasteiger partial charge < -0.3 is 15.2 Å². The molecule has 0 heterocycles. The number of aryl methyl sites for hydroxylation is 1. The number of hydrogen-bond donors (Lipinski definition) is 2. The van der Waals surface area contributed by atoms with Crippen LogP contribution in [-0.4, -0.2) is 18.8 Å². The number of rotatable bonds is 6. The maximum Gasteiger partial charge on any atom is 0.141 e. The summed E-state index contributed by atoms with van der Waals surface area (Å²) < 4.78 is 5.32. The Labute approximate surface area is 120 Å². The molecular formula is C17H21NO2. The van der Waals surface area contributed by atoms with Crippen molar-refractivity contribution in [2.45, 2.75) is 19.4 Å². The van der Waals surface area contributed by atoms with E-state index >= 15 is 0 Å². The number of benzene rings is 2. The van der Waals surface area contributed by atoms with E-state index in [1.54, 1.807) is 7.11 Å². The van der Waals surface area contributed by atoms with Gasteiger partial charge in [0.2, 0.25) is 0 Å². The van der Waals surface area contributed by atoms with E-state index in [1.807, 2.05) is 24.3 Å². The number of anilines is 1. The maximum atomic E-state index is 9.63. The van der Waals surface area contributed by atoms with Crippen LogP contribution in [0.3, 0.4) is 0 Å². The zero-order chi connectivity index (χ0) is 14.4. The fraction of sp³-hybridized carbons (Fsp3) is 0.294. The summed E-state index contributed by atoms with van der Waals surface area (Å²) in [6, 6.07) is 15.9. The molecule has 0 saturated carbocycles. The highest BCUT2D eigenvalue weighted by atomic mass is 16.5. The first-order valence-corrected chi connectivity index (χ1v) is 6.87. The van der Waals surface area contributed by atoms with Gasteiger partial charge in [0.15, 0.2) is 0 Å². The number of methoxy groups -OCH3 is 1. The highest BCUT2D eigenvalue weighted by Gasteiger charge is 2.12. The fourth-order valence-electron chi connectivity index (χ4n) is 2.17. The van der Waals surface area contributed by atoms with E-state index in [-0.39, 0.29) is 12.6 Å². The molecule has 0 amide bonds. The van der Waals surface area contributed by atoms with Crippen molar-refractivity contribution in [2.24, 2.45) is 0 Å². The van der Waals surface area contributed by atoms with Crippen molar-refractivity contribution in [3.05, 3.63) is 59.7 Å². The Bertz CT molecular complexity index is 537. The lowest BCUT2D eigenvalue weighted by Crippen LogP contribution is -2.15. The van der Waals surface area contributed by atoms with E-state index in [9.17, 15) is 5.11 Å². The molecule has 0 bridgehead atoms. The van der Waals surface area contributed by atoms with Gasteiger partial charge in [-0.1, -0.05) is 43.3 Å². The van der Waals surface area contributed by atoms with Crippen molar-refractivity contribution in [1.29, 1.82) is 0 Å². The Kier molecular flexibility index (Phi) is 5.02. The van der Waals surface area contributed by atoms with Gasteiger partial charge in [0.05, 0.1) is 25.4 Å². The lowest BCUT2D eigenvalue weighted by atomic mass is 10.0. The highest BCUT2D eigenvalue weighted by Crippen LogP contribution is 2.27. The monoisotopic (exact) mass is 271 g/mol. The molecule has 106 valence electrons. The van der Waals surface area contributed by atoms with Crippen molar-refractivity contribution in [3.8, 4) is 5.75 Å². The first-order valence-electron chi connectivity index (χ1n) is 6.87. The van der Waals surface area contributed by atoms with Crippen molar-refractivity contribution in [3.63, 3.8) is 0 Å². The van der Waals surface area contributed by atoms with Crippen LogP contribution in [0.25, 0.3) is 0 Å². The van der Waals surface area contributed by atoms with Crippen LogP contribution in [0.1, 0.15) is 24.1 Å². The number of para-hydroxylation sites is 2. The molecule has 0 fully saturated rings. The van der Waals surface area contributed by atoms with Crippen molar-refractivity contribution < 1.29 is 9.84 Å². The molecule has 0 saturated heterocycles. The Hall–Kier alpha value is -2.00. The molecular weight excluding hydrogens is 250 g/mol. The van der Waals surface area contributed by atoms with Crippen LogP contribution in [0, 0.1) is 0 Å². The average molecular weight is 271 g/mol. The molecule has 0 spiro atoms. The van der Waals surface area contributed by atoms with Gasteiger partial charge in [-0.3, -0.25) is 0 Å². The van der Waals surface area contributed by atoms with Gasteiger partial charge in [0, 0.05) is 0 Å². The average Bonchev–Trinajstić information content (AvgIpc) is 2.53. The quantitative estimate of drug-likeness (QED) is 0.846. The second kappa shape index (κ2) is 6.96. The summed E-state index contributed by atoms with van der Waals surface area (Å²) in [6.45, 7) is 2.16. The second-order valence-electron chi connectivity index (χ2n) is 4.67. The molecule has 2 rings (SSSR count). The topological polar surface area (TPSA) is 41.5 Å². The van der Waals surface area contributed by atoms with Crippen molar-refractivity contribution in [2.75, 3.05) is 19.0 Å². The zero-order valence-corrected chi connectivity index (χ0v) is 12.0. The molecule has 3 nitrogen and oxygen atoms in total. The first kappa shape index (κ1) is 14.4. The van der Waals surface area contributed by atoms with Crippen LogP contribution in [-0.2, 0) is 6.42 Å². The smallest absolute Gasteiger partial charge is 0.141 e. The molecule has 0 radical (unpaired) electrons. The maximum absolute atomic E-state index is 9.63. The number of nitrogens with one attached hydrogen (secondary N) is 1. The predicted octanol–water partition coefficient (Wildman–Crippen LogP) is 3.40. The third kappa shape index (κ3) is 3.31. The van der Waals surface area contributed by atoms with Gasteiger partial charge in [-0.15, -0.1) is 0 Å². The van der Waals surface area contributed by atoms with E-state index in [1.165, 1.54) is 5.56 Å². The summed E-state index contributed by atoms with van der Waals surface area (Å²) >= 11 is 0. The van der Waals surface area contributed by atoms with E-state index in [2.05, 4.69) is 36.5 Å². The lowest BCUT2D eigenvalue weighted by Gasteiger charge is -2.20. The zero-order valence-electron chi connectivity index (χ0n) is 12.0. The highest BCUT2D eigenvalue weighted by molar-refractivity contribution is 5.57. The summed E-state index contributed by atoms with van der Waals surface area (Å²) in [5.74, 6) is 0.774. The Morgan fingerprint density at radius 2 is 1.80 bits per heavy atom. The normalized spacial score (nSPS) is 11.9. The molecule has 3 heteroatoms. The van der Waals surface area contributed by atoms with Crippen LogP contribution < -0.4 is 10.1 Å². The molecule has 2 aromatic carbocycles. The van der Waals surface area contributed by atoms with E-state index in [4.69, 9.17) is 4.74 Å². The predicted molar refractivity (Wildman–Crippen MR) is 82.3 cm³/mol. The number of aliphatic hydroxyl groups is 1. The Morgan fingerprint density at radius 1 is 1.10 bits per heavy atom. The van der Waals surface area contributed by atoms with Crippen LogP contribution in [0.5, 0.6) is 5.75 Å². The van der Waals surface area contributed by atoms with Crippen LogP contribution in [0.2, 0.25) is 0 Å². The molecule has 1 atom stereocenters. The Morgan fingerprint density at radius 3 is 2.40 bits per heavy atom. The summed E-state index contributed by atoms with van der Waals surface area (Å²) in [7, 11) is 1.64. The SMILES string of the molecule is CCc1ccc(C(CO)Nc2ccccc2OC)cc1. The van der Waals surface area contributed by atoms with Crippen molar-refractivity contribution >= 4 is 5.69 Å². The molecule has 2 N–H and O–H groups in total. The van der Waals surface area contributed by atoms with E-state index in [0.717, 1.165) is 23.4 Å². The summed E-state index contributed by atoms with van der Waals surface area (Å²) in [6.07, 6.45) is 1.02. The second-order valence-corrected chi connectivity index (χ2v) is 4.67. The summed E-state index contributed by atoms with van der Waals surface area (Å²) in [5.41, 5.74) is 3.24. The first-order chi connectivity index (χ1) is 9.78. The van der Waals surface area contributed by atoms with Gasteiger partial charge in [-0.05, 0) is 29.7 Å². The van der Waals surface area contributed by atoms with Gasteiger partial charge >= 0.3 is 0 Å². The van der Waals surface area contributed by atoms with Gasteiger partial charge in [-0.2, -0.15) is 0 Å². The van der Waals surface area contributed by atoms with E-state index < -0.39 is 0 Å². The minimum atomic E-state index is -0.141. The minimum Gasteiger partial charge on any atom is -0.495 e. The molecule has 1 unspecified atom stereocenters. The largest absolute Gasteiger partial charge is 0.495 e. The molecule has 0 aliphatic rings. The van der Waals surface area contributed by atoms with Gasteiger partial charge in [0.1, 0.15) is 5.75 Å². The van der Waals surface area contributed by atoms with Crippen LogP contribution in [0.4, 0.5) is 5.69 Å². The number of aliphatic hydroxyl groups excluding tert-OH is 1. The third-order valence-corrected chi connectivity index (χ3v) is 3.41. The lowest BCUT2D eigenvalue weighted by molar-refractivity contribution is 0.276. The molecule has 0 aliphatic heterocycles. The summed E-state index contributed by atoms with van der Waals surface area (Å²) in [4.78, 5) is 0. The fourth-order valence-corrected chi connectivity index (χ4v) is 2.17. The third-order valence-electron chi connectivity index (χ3n) is 3.41. The minimum absolute atomic E-state index is 0.0313. The Balaban J connectivity index is 2.19. The number of ether oxygens (including phenoxy) is 1. The standard InChI is InChI=1S/C17H21NO2/c1-3-13-8-10-14(11-9-13)16(12-19)18-15-6-4-5-7-17(15)20-2/h4-11,16,18-19H,3,12H2,1-2H3. The number of hydrogen-bond acceptors (Lipinski definition) is 3. The van der Waals surface area contributed by atoms with Crippen LogP contribution >= 0.6 is 0 Å². The van der Waals surface area contributed by atoms with Gasteiger partial charge in [-0.25, -0.2) is 0 Å². The van der Waals surface area contributed by atoms with Gasteiger partial charge in [0.25, 0.3) is 0 Å². The molecule has 2 aromatic rings. The molecule has 20 heavy (non-hydrogen) atoms. The van der Waals surface area contributed by atoms with E-state index in [0.29, 0.717) is 0 Å². The summed E-state index contributed by atoms with van der Waals surface area (Å²) in [5, 5.41) is 13.0. The van der Waals surface area contributed by atoms with Crippen molar-refractivity contribution in [1.82, 2.24) is 0 Å². The van der Waals surface area contributed by atoms with Crippen LogP contribution in [0.15, 0.2) is 48.5 Å².